The van der Waals surface area contributed by atoms with Gasteiger partial charge in [-0.1, -0.05) is 0 Å². The molecule has 0 aliphatic carbocycles. The fraction of sp³-hybridized carbons (Fsp3) is 0.600. The van der Waals surface area contributed by atoms with E-state index in [0.29, 0.717) is 13.0 Å². The van der Waals surface area contributed by atoms with Crippen molar-refractivity contribution in [1.82, 2.24) is 4.98 Å². The average molecular weight is 211 g/mol. The number of carbonyl (C=O) groups is 1. The Morgan fingerprint density at radius 2 is 2.64 bits per heavy atom. The van der Waals surface area contributed by atoms with Gasteiger partial charge in [0.05, 0.1) is 17.3 Å². The SMILES string of the molecule is Cc1nc(CC(=O)C2CCOC2)cs1. The van der Waals surface area contributed by atoms with E-state index in [9.17, 15) is 4.79 Å². The Morgan fingerprint density at radius 3 is 3.21 bits per heavy atom. The van der Waals surface area contributed by atoms with Gasteiger partial charge >= 0.3 is 0 Å². The lowest BCUT2D eigenvalue weighted by atomic mass is 10.0. The monoisotopic (exact) mass is 211 g/mol. The van der Waals surface area contributed by atoms with Gasteiger partial charge < -0.3 is 4.74 Å². The molecule has 0 N–H and O–H groups in total. The molecule has 2 rings (SSSR count). The smallest absolute Gasteiger partial charge is 0.144 e. The van der Waals surface area contributed by atoms with Gasteiger partial charge in [-0.2, -0.15) is 0 Å². The molecule has 1 fully saturated rings. The minimum absolute atomic E-state index is 0.108. The molecule has 2 heterocycles. The van der Waals surface area contributed by atoms with E-state index in [1.807, 2.05) is 12.3 Å². The molecule has 1 aliphatic heterocycles. The van der Waals surface area contributed by atoms with Gasteiger partial charge in [-0.15, -0.1) is 11.3 Å². The highest BCUT2D eigenvalue weighted by Gasteiger charge is 2.23. The van der Waals surface area contributed by atoms with Crippen molar-refractivity contribution in [3.05, 3.63) is 16.1 Å². The number of nitrogens with zero attached hydrogens (tertiary/aromatic N) is 1. The van der Waals surface area contributed by atoms with E-state index in [0.717, 1.165) is 23.7 Å². The van der Waals surface area contributed by atoms with E-state index in [1.165, 1.54) is 0 Å². The van der Waals surface area contributed by atoms with Gasteiger partial charge in [0.1, 0.15) is 5.78 Å². The molecule has 1 saturated heterocycles. The van der Waals surface area contributed by atoms with Crippen molar-refractivity contribution >= 4 is 17.1 Å². The first-order valence-electron chi connectivity index (χ1n) is 4.77. The van der Waals surface area contributed by atoms with Gasteiger partial charge in [0.15, 0.2) is 0 Å². The summed E-state index contributed by atoms with van der Waals surface area (Å²) >= 11 is 1.59. The van der Waals surface area contributed by atoms with Crippen LogP contribution in [0.3, 0.4) is 0 Å². The normalized spacial score (nSPS) is 21.4. The van der Waals surface area contributed by atoms with Crippen LogP contribution in [0.5, 0.6) is 0 Å². The molecule has 0 aromatic carbocycles. The van der Waals surface area contributed by atoms with Crippen molar-refractivity contribution in [1.29, 1.82) is 0 Å². The van der Waals surface area contributed by atoms with Gasteiger partial charge in [0, 0.05) is 24.3 Å². The zero-order valence-corrected chi connectivity index (χ0v) is 8.97. The fourth-order valence-corrected chi connectivity index (χ4v) is 2.21. The third-order valence-corrected chi connectivity index (χ3v) is 3.23. The standard InChI is InChI=1S/C10H13NO2S/c1-7-11-9(6-14-7)4-10(12)8-2-3-13-5-8/h6,8H,2-5H2,1H3. The summed E-state index contributed by atoms with van der Waals surface area (Å²) in [5, 5.41) is 2.98. The number of aromatic nitrogens is 1. The summed E-state index contributed by atoms with van der Waals surface area (Å²) in [5.41, 5.74) is 0.907. The van der Waals surface area contributed by atoms with Crippen molar-refractivity contribution < 1.29 is 9.53 Å². The number of hydrogen-bond acceptors (Lipinski definition) is 4. The lowest BCUT2D eigenvalue weighted by Crippen LogP contribution is -2.16. The number of hydrogen-bond donors (Lipinski definition) is 0. The molecule has 0 bridgehead atoms. The maximum absolute atomic E-state index is 11.7. The Morgan fingerprint density at radius 1 is 1.79 bits per heavy atom. The molecule has 76 valence electrons. The Hall–Kier alpha value is -0.740. The highest BCUT2D eigenvalue weighted by Crippen LogP contribution is 2.17. The molecule has 1 atom stereocenters. The predicted octanol–water partition coefficient (Wildman–Crippen LogP) is 1.60. The summed E-state index contributed by atoms with van der Waals surface area (Å²) in [6, 6.07) is 0. The van der Waals surface area contributed by atoms with Gasteiger partial charge in [-0.3, -0.25) is 4.79 Å². The third-order valence-electron chi connectivity index (χ3n) is 2.41. The van der Waals surface area contributed by atoms with E-state index in [2.05, 4.69) is 4.98 Å². The maximum Gasteiger partial charge on any atom is 0.144 e. The van der Waals surface area contributed by atoms with E-state index in [4.69, 9.17) is 4.74 Å². The topological polar surface area (TPSA) is 39.2 Å². The van der Waals surface area contributed by atoms with Crippen LogP contribution in [0.15, 0.2) is 5.38 Å². The summed E-state index contributed by atoms with van der Waals surface area (Å²) < 4.78 is 5.18. The summed E-state index contributed by atoms with van der Waals surface area (Å²) in [6.45, 7) is 3.28. The minimum atomic E-state index is 0.108. The molecule has 1 aromatic rings. The number of ketones is 1. The molecule has 4 heteroatoms. The first-order chi connectivity index (χ1) is 6.75. The minimum Gasteiger partial charge on any atom is -0.381 e. The molecule has 1 aromatic heterocycles. The van der Waals surface area contributed by atoms with Gasteiger partial charge in [-0.25, -0.2) is 4.98 Å². The highest BCUT2D eigenvalue weighted by atomic mass is 32.1. The molecule has 0 spiro atoms. The molecular weight excluding hydrogens is 198 g/mol. The molecule has 0 saturated carbocycles. The Bertz CT molecular complexity index is 329. The summed E-state index contributed by atoms with van der Waals surface area (Å²) in [4.78, 5) is 16.0. The van der Waals surface area contributed by atoms with Crippen LogP contribution in [0.2, 0.25) is 0 Å². The van der Waals surface area contributed by atoms with Crippen LogP contribution in [0.4, 0.5) is 0 Å². The molecule has 1 unspecified atom stereocenters. The van der Waals surface area contributed by atoms with Crippen molar-refractivity contribution in [2.45, 2.75) is 19.8 Å². The van der Waals surface area contributed by atoms with E-state index in [1.54, 1.807) is 11.3 Å². The average Bonchev–Trinajstić information content (AvgIpc) is 2.75. The number of thiazole rings is 1. The van der Waals surface area contributed by atoms with Crippen LogP contribution < -0.4 is 0 Å². The summed E-state index contributed by atoms with van der Waals surface area (Å²) in [6.07, 6.45) is 1.35. The van der Waals surface area contributed by atoms with Gasteiger partial charge in [0.2, 0.25) is 0 Å². The zero-order chi connectivity index (χ0) is 9.97. The lowest BCUT2D eigenvalue weighted by Gasteiger charge is -2.03. The first-order valence-corrected chi connectivity index (χ1v) is 5.65. The molecule has 0 amide bonds. The number of Topliss-reactive ketones (excluding diaryl/α,β-unsaturated/α-hetero) is 1. The Balaban J connectivity index is 1.93. The van der Waals surface area contributed by atoms with E-state index >= 15 is 0 Å². The number of rotatable bonds is 3. The molecule has 0 radical (unpaired) electrons. The first kappa shape index (κ1) is 9.80. The van der Waals surface area contributed by atoms with E-state index in [-0.39, 0.29) is 11.7 Å². The van der Waals surface area contributed by atoms with Gasteiger partial charge in [-0.05, 0) is 13.3 Å². The van der Waals surface area contributed by atoms with Crippen LogP contribution in [-0.4, -0.2) is 24.0 Å². The fourth-order valence-electron chi connectivity index (χ4n) is 1.60. The van der Waals surface area contributed by atoms with Crippen molar-refractivity contribution in [2.75, 3.05) is 13.2 Å². The van der Waals surface area contributed by atoms with Crippen LogP contribution in [0.25, 0.3) is 0 Å². The largest absolute Gasteiger partial charge is 0.381 e. The van der Waals surface area contributed by atoms with Crippen LogP contribution in [-0.2, 0) is 16.0 Å². The maximum atomic E-state index is 11.7. The number of aryl methyl sites for hydroxylation is 1. The highest BCUT2D eigenvalue weighted by molar-refractivity contribution is 7.09. The summed E-state index contributed by atoms with van der Waals surface area (Å²) in [5.74, 6) is 0.379. The number of ether oxygens (including phenoxy) is 1. The zero-order valence-electron chi connectivity index (χ0n) is 8.16. The van der Waals surface area contributed by atoms with Crippen LogP contribution in [0.1, 0.15) is 17.1 Å². The second-order valence-electron chi connectivity index (χ2n) is 3.56. The van der Waals surface area contributed by atoms with Gasteiger partial charge in [0.25, 0.3) is 0 Å². The quantitative estimate of drug-likeness (QED) is 0.762. The second-order valence-corrected chi connectivity index (χ2v) is 4.62. The lowest BCUT2D eigenvalue weighted by molar-refractivity contribution is -0.122. The molecular formula is C10H13NO2S. The van der Waals surface area contributed by atoms with Crippen molar-refractivity contribution in [3.63, 3.8) is 0 Å². The predicted molar refractivity (Wildman–Crippen MR) is 54.5 cm³/mol. The molecule has 14 heavy (non-hydrogen) atoms. The van der Waals surface area contributed by atoms with Crippen molar-refractivity contribution in [2.24, 2.45) is 5.92 Å². The van der Waals surface area contributed by atoms with Crippen LogP contribution in [0, 0.1) is 12.8 Å². The summed E-state index contributed by atoms with van der Waals surface area (Å²) in [7, 11) is 0. The Kier molecular flexibility index (Phi) is 2.93. The second kappa shape index (κ2) is 4.19. The Labute approximate surface area is 87.1 Å². The van der Waals surface area contributed by atoms with E-state index < -0.39 is 0 Å². The van der Waals surface area contributed by atoms with Crippen LogP contribution >= 0.6 is 11.3 Å². The van der Waals surface area contributed by atoms with Crippen molar-refractivity contribution in [3.8, 4) is 0 Å². The molecule has 1 aliphatic rings. The molecule has 3 nitrogen and oxygen atoms in total. The number of carbonyl (C=O) groups excluding carboxylic acids is 1. The third kappa shape index (κ3) is 2.19.